The quantitative estimate of drug-likeness (QED) is 0.139. The smallest absolute Gasteiger partial charge is 0.0547 e. The number of hydrogen-bond donors (Lipinski definition) is 0. The molecule has 300 valence electrons. The number of para-hydroxylation sites is 3. The second-order valence-electron chi connectivity index (χ2n) is 16.5. The molecule has 0 amide bonds. The topological polar surface area (TPSA) is 8.17 Å². The Hall–Kier alpha value is -8.46. The van der Waals surface area contributed by atoms with E-state index in [-0.39, 0.29) is 0 Å². The van der Waals surface area contributed by atoms with Crippen molar-refractivity contribution in [2.24, 2.45) is 0 Å². The number of aromatic nitrogens is 1. The van der Waals surface area contributed by atoms with Crippen LogP contribution in [0.5, 0.6) is 0 Å². The van der Waals surface area contributed by atoms with Crippen molar-refractivity contribution in [2.75, 3.05) is 4.90 Å². The van der Waals surface area contributed by atoms with Crippen LogP contribution in [0.25, 0.3) is 93.5 Å². The highest BCUT2D eigenvalue weighted by molar-refractivity contribution is 6.11. The summed E-state index contributed by atoms with van der Waals surface area (Å²) < 4.78 is 2.39. The van der Waals surface area contributed by atoms with E-state index in [1.54, 1.807) is 0 Å². The Balaban J connectivity index is 1.02. The van der Waals surface area contributed by atoms with Gasteiger partial charge in [-0.15, -0.1) is 0 Å². The number of fused-ring (bicyclic) bond motifs is 6. The molecule has 1 heterocycles. The maximum atomic E-state index is 2.43. The van der Waals surface area contributed by atoms with Crippen molar-refractivity contribution in [3.05, 3.63) is 255 Å². The van der Waals surface area contributed by atoms with Crippen molar-refractivity contribution >= 4 is 60.4 Å². The zero-order valence-corrected chi connectivity index (χ0v) is 35.1. The minimum absolute atomic E-state index is 1.08. The summed E-state index contributed by atoms with van der Waals surface area (Å²) in [6.45, 7) is 0. The van der Waals surface area contributed by atoms with E-state index in [1.807, 2.05) is 0 Å². The molecule has 12 rings (SSSR count). The molecule has 0 saturated heterocycles. The predicted molar refractivity (Wildman–Crippen MR) is 272 cm³/mol. The molecule has 0 spiro atoms. The van der Waals surface area contributed by atoms with E-state index < -0.39 is 0 Å². The number of benzene rings is 11. The first-order chi connectivity index (χ1) is 31.8. The molecule has 2 nitrogen and oxygen atoms in total. The van der Waals surface area contributed by atoms with Crippen LogP contribution in [0.3, 0.4) is 0 Å². The third kappa shape index (κ3) is 6.44. The molecule has 0 unspecified atom stereocenters. The molecule has 0 radical (unpaired) electrons. The Bertz CT molecular complexity index is 3660. The molecule has 0 saturated carbocycles. The fourth-order valence-corrected chi connectivity index (χ4v) is 9.81. The Morgan fingerprint density at radius 3 is 1.56 bits per heavy atom. The lowest BCUT2D eigenvalue weighted by atomic mass is 9.88. The average Bonchev–Trinajstić information content (AvgIpc) is 3.71. The van der Waals surface area contributed by atoms with Gasteiger partial charge in [-0.25, -0.2) is 0 Å². The van der Waals surface area contributed by atoms with Crippen molar-refractivity contribution in [2.45, 2.75) is 0 Å². The highest BCUT2D eigenvalue weighted by Crippen LogP contribution is 2.46. The third-order valence-corrected chi connectivity index (χ3v) is 12.8. The minimum atomic E-state index is 1.08. The zero-order valence-electron chi connectivity index (χ0n) is 35.1. The van der Waals surface area contributed by atoms with Gasteiger partial charge >= 0.3 is 0 Å². The van der Waals surface area contributed by atoms with Crippen LogP contribution >= 0.6 is 0 Å². The second-order valence-corrected chi connectivity index (χ2v) is 16.5. The largest absolute Gasteiger partial charge is 0.310 e. The Labute approximate surface area is 373 Å². The average molecular weight is 815 g/mol. The molecule has 0 aliphatic carbocycles. The highest BCUT2D eigenvalue weighted by atomic mass is 15.1. The van der Waals surface area contributed by atoms with Gasteiger partial charge in [-0.05, 0) is 115 Å². The summed E-state index contributed by atoms with van der Waals surface area (Å²) in [5, 5.41) is 7.46. The van der Waals surface area contributed by atoms with E-state index in [0.717, 1.165) is 33.9 Å². The summed E-state index contributed by atoms with van der Waals surface area (Å²) in [4.78, 5) is 2.43. The van der Waals surface area contributed by atoms with E-state index >= 15 is 0 Å². The lowest BCUT2D eigenvalue weighted by molar-refractivity contribution is 1.18. The molecule has 11 aromatic carbocycles. The summed E-state index contributed by atoms with van der Waals surface area (Å²) >= 11 is 0. The third-order valence-electron chi connectivity index (χ3n) is 12.8. The van der Waals surface area contributed by atoms with Gasteiger partial charge in [0.15, 0.2) is 0 Å². The molecule has 2 heteroatoms. The van der Waals surface area contributed by atoms with Crippen LogP contribution < -0.4 is 4.90 Å². The summed E-state index contributed by atoms with van der Waals surface area (Å²) in [5.41, 5.74) is 16.3. The monoisotopic (exact) mass is 814 g/mol. The van der Waals surface area contributed by atoms with Gasteiger partial charge in [-0.1, -0.05) is 200 Å². The SMILES string of the molecule is c1ccc(-c2ccccc2-c2ccccc2-c2ccccc2N(c2ccc(-c3ccc4c5ccccc5n(-c5ccccc5)c4c3)cc2)c2ccc3c(ccc4ccccc43)c2)cc1. The van der Waals surface area contributed by atoms with Gasteiger partial charge in [0, 0.05) is 33.4 Å². The first-order valence-electron chi connectivity index (χ1n) is 22.0. The van der Waals surface area contributed by atoms with E-state index in [1.165, 1.54) is 76.7 Å². The first-order valence-corrected chi connectivity index (χ1v) is 22.0. The van der Waals surface area contributed by atoms with Gasteiger partial charge in [0.1, 0.15) is 0 Å². The highest BCUT2D eigenvalue weighted by Gasteiger charge is 2.21. The van der Waals surface area contributed by atoms with Crippen LogP contribution in [0.2, 0.25) is 0 Å². The lowest BCUT2D eigenvalue weighted by Gasteiger charge is -2.29. The number of hydrogen-bond acceptors (Lipinski definition) is 1. The van der Waals surface area contributed by atoms with Crippen LogP contribution in [0.1, 0.15) is 0 Å². The maximum Gasteiger partial charge on any atom is 0.0547 e. The van der Waals surface area contributed by atoms with Crippen molar-refractivity contribution < 1.29 is 0 Å². The summed E-state index contributed by atoms with van der Waals surface area (Å²) in [6.07, 6.45) is 0. The fourth-order valence-electron chi connectivity index (χ4n) is 9.81. The van der Waals surface area contributed by atoms with E-state index in [4.69, 9.17) is 0 Å². The van der Waals surface area contributed by atoms with Gasteiger partial charge < -0.3 is 9.47 Å². The van der Waals surface area contributed by atoms with Crippen LogP contribution in [-0.2, 0) is 0 Å². The number of rotatable bonds is 8. The molecule has 64 heavy (non-hydrogen) atoms. The summed E-state index contributed by atoms with van der Waals surface area (Å²) in [5.74, 6) is 0. The Kier molecular flexibility index (Phi) is 9.20. The normalized spacial score (nSPS) is 11.4. The van der Waals surface area contributed by atoms with E-state index in [2.05, 4.69) is 264 Å². The Morgan fingerprint density at radius 2 is 0.781 bits per heavy atom. The lowest BCUT2D eigenvalue weighted by Crippen LogP contribution is -2.11. The van der Waals surface area contributed by atoms with Crippen LogP contribution in [-0.4, -0.2) is 4.57 Å². The molecule has 1 aromatic heterocycles. The minimum Gasteiger partial charge on any atom is -0.310 e. The number of anilines is 3. The Morgan fingerprint density at radius 1 is 0.266 bits per heavy atom. The zero-order chi connectivity index (χ0) is 42.4. The molecule has 12 aromatic rings. The van der Waals surface area contributed by atoms with Gasteiger partial charge in [-0.3, -0.25) is 0 Å². The maximum absolute atomic E-state index is 2.43. The van der Waals surface area contributed by atoms with Crippen molar-refractivity contribution in [1.82, 2.24) is 4.57 Å². The number of nitrogens with zero attached hydrogens (tertiary/aromatic N) is 2. The van der Waals surface area contributed by atoms with Gasteiger partial charge in [0.25, 0.3) is 0 Å². The molecule has 0 N–H and O–H groups in total. The van der Waals surface area contributed by atoms with E-state index in [9.17, 15) is 0 Å². The molecule has 0 aliphatic heterocycles. The summed E-state index contributed by atoms with van der Waals surface area (Å²) in [6, 6.07) is 92.7. The molecular weight excluding hydrogens is 773 g/mol. The van der Waals surface area contributed by atoms with Crippen LogP contribution in [0.4, 0.5) is 17.1 Å². The first kappa shape index (κ1) is 37.3. The van der Waals surface area contributed by atoms with Crippen LogP contribution in [0.15, 0.2) is 255 Å². The van der Waals surface area contributed by atoms with E-state index in [0.29, 0.717) is 0 Å². The summed E-state index contributed by atoms with van der Waals surface area (Å²) in [7, 11) is 0. The molecule has 0 atom stereocenters. The molecule has 0 aliphatic rings. The molecular formula is C62H42N2. The molecule has 0 fully saturated rings. The van der Waals surface area contributed by atoms with Gasteiger partial charge in [0.2, 0.25) is 0 Å². The van der Waals surface area contributed by atoms with Crippen molar-refractivity contribution in [3.8, 4) is 50.2 Å². The van der Waals surface area contributed by atoms with Gasteiger partial charge in [-0.2, -0.15) is 0 Å². The van der Waals surface area contributed by atoms with Crippen molar-refractivity contribution in [1.29, 1.82) is 0 Å². The predicted octanol–water partition coefficient (Wildman–Crippen LogP) is 17.2. The fraction of sp³-hybridized carbons (Fsp3) is 0. The van der Waals surface area contributed by atoms with Gasteiger partial charge in [0.05, 0.1) is 16.7 Å². The van der Waals surface area contributed by atoms with Crippen molar-refractivity contribution in [3.63, 3.8) is 0 Å². The molecule has 0 bridgehead atoms. The standard InChI is InChI=1S/C62H42N2/c1-3-17-44(18-4-1)52-23-9-10-24-54(52)55-25-11-12-26-56(55)57-27-13-15-29-60(57)63(50-38-40-53-47(41-50)32-31-45-19-7-8-22-51(45)53)49-36-33-43(34-37-49)46-35-39-59-58-28-14-16-30-61(58)64(62(59)42-46)48-20-5-2-6-21-48/h1-42H. The second kappa shape index (κ2) is 15.8. The van der Waals surface area contributed by atoms with Crippen LogP contribution in [0, 0.1) is 0 Å².